The van der Waals surface area contributed by atoms with E-state index in [0.29, 0.717) is 5.70 Å². The number of fused-ring (bicyclic) bond motifs is 2. The van der Waals surface area contributed by atoms with Gasteiger partial charge in [0.15, 0.2) is 0 Å². The Hall–Kier alpha value is -2.51. The van der Waals surface area contributed by atoms with Gasteiger partial charge in [-0.15, -0.1) is 0 Å². The van der Waals surface area contributed by atoms with Crippen LogP contribution in [0.1, 0.15) is 64.0 Å². The fraction of sp³-hybridized carbons (Fsp3) is 0.621. The average molecular weight is 497 g/mol. The van der Waals surface area contributed by atoms with Crippen molar-refractivity contribution in [3.05, 3.63) is 46.9 Å². The lowest BCUT2D eigenvalue weighted by Crippen LogP contribution is -2.31. The first-order chi connectivity index (χ1) is 17.3. The topological polar surface area (TPSA) is 108 Å². The zero-order valence-electron chi connectivity index (χ0n) is 23.1. The Kier molecular flexibility index (Phi) is 10.3. The van der Waals surface area contributed by atoms with Crippen LogP contribution in [0.15, 0.2) is 35.8 Å². The first-order valence-electron chi connectivity index (χ1n) is 13.7. The van der Waals surface area contributed by atoms with E-state index in [-0.39, 0.29) is 5.82 Å². The van der Waals surface area contributed by atoms with Crippen LogP contribution in [0.25, 0.3) is 16.6 Å². The third-order valence-corrected chi connectivity index (χ3v) is 7.83. The normalized spacial score (nSPS) is 22.7. The molecule has 2 saturated heterocycles. The zero-order valence-corrected chi connectivity index (χ0v) is 23.1. The molecule has 2 unspecified atom stereocenters. The van der Waals surface area contributed by atoms with Crippen LogP contribution in [0.2, 0.25) is 0 Å². The molecule has 3 aliphatic rings. The molecule has 7 heteroatoms. The van der Waals surface area contributed by atoms with Gasteiger partial charge in [-0.25, -0.2) is 0 Å². The summed E-state index contributed by atoms with van der Waals surface area (Å²) in [5.41, 5.74) is 21.7. The second-order valence-electron chi connectivity index (χ2n) is 10.4. The number of nitrogens with two attached hydrogens (primary N) is 3. The number of hydrogen-bond donors (Lipinski definition) is 3. The molecule has 200 valence electrons. The molecule has 7 nitrogen and oxygen atoms in total. The predicted octanol–water partition coefficient (Wildman–Crippen LogP) is 4.50. The molecule has 6 N–H and O–H groups in total. The fourth-order valence-corrected chi connectivity index (χ4v) is 5.96. The number of likely N-dealkylation sites (tertiary alicyclic amines) is 1. The zero-order chi connectivity index (χ0) is 26.2. The summed E-state index contributed by atoms with van der Waals surface area (Å²) in [4.78, 5) is 2.74. The highest BCUT2D eigenvalue weighted by molar-refractivity contribution is 5.87. The average Bonchev–Trinajstić information content (AvgIpc) is 3.56. The van der Waals surface area contributed by atoms with Crippen LogP contribution in [-0.4, -0.2) is 47.5 Å². The molecule has 1 aromatic carbocycles. The third kappa shape index (κ3) is 7.04. The van der Waals surface area contributed by atoms with Crippen LogP contribution in [0.5, 0.6) is 0 Å². The van der Waals surface area contributed by atoms with Crippen molar-refractivity contribution in [2.75, 3.05) is 32.8 Å². The van der Waals surface area contributed by atoms with E-state index in [0.717, 1.165) is 58.6 Å². The fourth-order valence-electron chi connectivity index (χ4n) is 5.96. The second kappa shape index (κ2) is 13.2. The van der Waals surface area contributed by atoms with Crippen molar-refractivity contribution in [1.82, 2.24) is 14.7 Å². The summed E-state index contributed by atoms with van der Waals surface area (Å²) in [6.07, 6.45) is 10.8. The Balaban J connectivity index is 0.000000191. The maximum atomic E-state index is 6.18. The summed E-state index contributed by atoms with van der Waals surface area (Å²) < 4.78 is 7.22. The second-order valence-corrected chi connectivity index (χ2v) is 10.4. The largest absolute Gasteiger partial charge is 0.398 e. The van der Waals surface area contributed by atoms with E-state index in [1.807, 2.05) is 53.1 Å². The van der Waals surface area contributed by atoms with Crippen LogP contribution >= 0.6 is 0 Å². The van der Waals surface area contributed by atoms with Gasteiger partial charge < -0.3 is 26.8 Å². The molecule has 3 heterocycles. The van der Waals surface area contributed by atoms with Gasteiger partial charge in [0, 0.05) is 62.7 Å². The minimum Gasteiger partial charge on any atom is -0.398 e. The lowest BCUT2D eigenvalue weighted by atomic mass is 9.99. The lowest BCUT2D eigenvalue weighted by molar-refractivity contribution is 0.0546. The molecule has 36 heavy (non-hydrogen) atoms. The third-order valence-electron chi connectivity index (χ3n) is 7.83. The number of hydrogen-bond acceptors (Lipinski definition) is 6. The Bertz CT molecular complexity index is 1030. The van der Waals surface area contributed by atoms with Crippen molar-refractivity contribution < 1.29 is 4.74 Å². The Morgan fingerprint density at radius 1 is 1.06 bits per heavy atom. The maximum Gasteiger partial charge on any atom is 0.0936 e. The minimum absolute atomic E-state index is 0.251. The van der Waals surface area contributed by atoms with Crippen LogP contribution in [0, 0.1) is 24.7 Å². The Morgan fingerprint density at radius 2 is 1.69 bits per heavy atom. The summed E-state index contributed by atoms with van der Waals surface area (Å²) in [5, 5.41) is 5.47. The molecule has 1 aliphatic carbocycles. The molecule has 2 aromatic rings. The van der Waals surface area contributed by atoms with E-state index < -0.39 is 0 Å². The van der Waals surface area contributed by atoms with Gasteiger partial charge in [-0.1, -0.05) is 26.3 Å². The Morgan fingerprint density at radius 3 is 2.31 bits per heavy atom. The quantitative estimate of drug-likeness (QED) is 0.538. The molecule has 0 amide bonds. The molecule has 0 spiro atoms. The molecular weight excluding hydrogens is 448 g/mol. The van der Waals surface area contributed by atoms with Gasteiger partial charge in [-0.3, -0.25) is 4.68 Å². The van der Waals surface area contributed by atoms with Crippen molar-refractivity contribution in [3.8, 4) is 0 Å². The molecule has 2 aliphatic heterocycles. The van der Waals surface area contributed by atoms with Gasteiger partial charge in [-0.05, 0) is 80.6 Å². The summed E-state index contributed by atoms with van der Waals surface area (Å²) in [6.45, 7) is 14.1. The number of benzene rings is 1. The first kappa shape index (κ1) is 28.1. The van der Waals surface area contributed by atoms with E-state index in [2.05, 4.69) is 10.00 Å². The van der Waals surface area contributed by atoms with E-state index in [1.165, 1.54) is 51.7 Å². The molecule has 1 saturated carbocycles. The van der Waals surface area contributed by atoms with E-state index in [1.54, 1.807) is 10.8 Å². The summed E-state index contributed by atoms with van der Waals surface area (Å²) in [7, 11) is 1.90. The summed E-state index contributed by atoms with van der Waals surface area (Å²) in [5.74, 6) is 3.30. The van der Waals surface area contributed by atoms with Gasteiger partial charge in [0.25, 0.3) is 0 Å². The molecular formula is C29H48N6O. The van der Waals surface area contributed by atoms with E-state index >= 15 is 0 Å². The molecule has 5 rings (SSSR count). The molecule has 2 atom stereocenters. The SMILES string of the molecule is C/C(C=C(N)N)=C(/N)c1ccc2nn(C)cc2c1C.C1CC2CN(CC3CCOCC3)CC2C1.CC. The van der Waals surface area contributed by atoms with Crippen molar-refractivity contribution in [1.29, 1.82) is 0 Å². The highest BCUT2D eigenvalue weighted by atomic mass is 16.5. The number of rotatable bonds is 4. The summed E-state index contributed by atoms with van der Waals surface area (Å²) >= 11 is 0. The molecule has 0 radical (unpaired) electrons. The van der Waals surface area contributed by atoms with Crippen LogP contribution in [-0.2, 0) is 11.8 Å². The number of nitrogens with zero attached hydrogens (tertiary/aromatic N) is 3. The number of allylic oxidation sites excluding steroid dienone is 2. The Labute approximate surface area is 217 Å². The lowest BCUT2D eigenvalue weighted by Gasteiger charge is -2.27. The summed E-state index contributed by atoms with van der Waals surface area (Å²) in [6, 6.07) is 3.94. The monoisotopic (exact) mass is 496 g/mol. The standard InChI is InChI=1S/C14H19N5.C13H23NO.C2H6/c1-8(6-13(15)16)14(17)10-4-5-12-11(9(10)2)7-19(3)18-12;1-2-12-9-14(10-13(12)3-1)8-11-4-6-15-7-5-11;1-2/h4-7H,15-17H2,1-3H3;11-13H,1-10H2;1-2H3/b14-8-;;. The minimum atomic E-state index is 0.251. The van der Waals surface area contributed by atoms with Gasteiger partial charge in [0.2, 0.25) is 0 Å². The number of ether oxygens (including phenoxy) is 1. The first-order valence-corrected chi connectivity index (χ1v) is 13.7. The van der Waals surface area contributed by atoms with Gasteiger partial charge >= 0.3 is 0 Å². The van der Waals surface area contributed by atoms with Gasteiger partial charge in [0.1, 0.15) is 0 Å². The van der Waals surface area contributed by atoms with Gasteiger partial charge in [0.05, 0.1) is 11.3 Å². The van der Waals surface area contributed by atoms with Crippen LogP contribution < -0.4 is 17.2 Å². The van der Waals surface area contributed by atoms with Crippen LogP contribution in [0.3, 0.4) is 0 Å². The highest BCUT2D eigenvalue weighted by Gasteiger charge is 2.36. The van der Waals surface area contributed by atoms with E-state index in [4.69, 9.17) is 21.9 Å². The maximum absolute atomic E-state index is 6.18. The predicted molar refractivity (Wildman–Crippen MR) is 151 cm³/mol. The molecule has 1 aromatic heterocycles. The molecule has 3 fully saturated rings. The number of aryl methyl sites for hydroxylation is 2. The molecule has 0 bridgehead atoms. The van der Waals surface area contributed by atoms with Crippen LogP contribution in [0.4, 0.5) is 0 Å². The number of aromatic nitrogens is 2. The van der Waals surface area contributed by atoms with Crippen molar-refractivity contribution in [2.24, 2.45) is 42.0 Å². The highest BCUT2D eigenvalue weighted by Crippen LogP contribution is 2.38. The van der Waals surface area contributed by atoms with Crippen molar-refractivity contribution in [2.45, 2.75) is 59.8 Å². The van der Waals surface area contributed by atoms with Crippen molar-refractivity contribution >= 4 is 16.6 Å². The van der Waals surface area contributed by atoms with E-state index in [9.17, 15) is 0 Å². The van der Waals surface area contributed by atoms with Crippen molar-refractivity contribution in [3.63, 3.8) is 0 Å². The smallest absolute Gasteiger partial charge is 0.0936 e. The van der Waals surface area contributed by atoms with Gasteiger partial charge in [-0.2, -0.15) is 5.10 Å².